The summed E-state index contributed by atoms with van der Waals surface area (Å²) < 4.78 is 6.87. The van der Waals surface area contributed by atoms with Crippen molar-refractivity contribution < 1.29 is 14.3 Å². The Hall–Kier alpha value is -3.45. The quantitative estimate of drug-likeness (QED) is 0.377. The summed E-state index contributed by atoms with van der Waals surface area (Å²) in [6, 6.07) is 16.4. The maximum atomic E-state index is 11.2. The fourth-order valence-corrected chi connectivity index (χ4v) is 3.47. The van der Waals surface area contributed by atoms with Gasteiger partial charge in [-0.05, 0) is 48.9 Å². The molecule has 0 unspecified atom stereocenters. The number of thiazole rings is 1. The van der Waals surface area contributed by atoms with Crippen molar-refractivity contribution >= 4 is 38.9 Å². The number of aryl methyl sites for hydroxylation is 1. The first kappa shape index (κ1) is 17.0. The Morgan fingerprint density at radius 3 is 2.89 bits per heavy atom. The van der Waals surface area contributed by atoms with E-state index in [2.05, 4.69) is 15.5 Å². The molecule has 2 N–H and O–H groups in total. The Morgan fingerprint density at radius 2 is 2.07 bits per heavy atom. The minimum absolute atomic E-state index is 0.222. The van der Waals surface area contributed by atoms with E-state index in [0.717, 1.165) is 21.3 Å². The zero-order valence-corrected chi connectivity index (χ0v) is 15.2. The average Bonchev–Trinajstić information content (AvgIpc) is 3.28. The first-order chi connectivity index (χ1) is 13.1. The predicted octanol–water partition coefficient (Wildman–Crippen LogP) is 5.01. The normalized spacial score (nSPS) is 11.3. The average molecular weight is 377 g/mol. The molecule has 0 saturated carbocycles. The van der Waals surface area contributed by atoms with Gasteiger partial charge in [0.25, 0.3) is 0 Å². The number of rotatable bonds is 5. The van der Waals surface area contributed by atoms with Gasteiger partial charge in [-0.1, -0.05) is 29.5 Å². The van der Waals surface area contributed by atoms with Crippen molar-refractivity contribution in [2.75, 3.05) is 5.43 Å². The summed E-state index contributed by atoms with van der Waals surface area (Å²) in [6.45, 7) is 1.91. The molecule has 0 fully saturated rings. The molecule has 4 aromatic rings. The van der Waals surface area contributed by atoms with Crippen LogP contribution < -0.4 is 5.43 Å². The number of hydrogen-bond donors (Lipinski definition) is 2. The second-order valence-electron chi connectivity index (χ2n) is 5.89. The van der Waals surface area contributed by atoms with E-state index in [-0.39, 0.29) is 5.56 Å². The smallest absolute Gasteiger partial charge is 0.335 e. The summed E-state index contributed by atoms with van der Waals surface area (Å²) in [5.41, 5.74) is 5.73. The number of nitrogens with one attached hydrogen (secondary N) is 1. The van der Waals surface area contributed by atoms with Crippen LogP contribution in [0, 0.1) is 6.92 Å². The lowest BCUT2D eigenvalue weighted by atomic mass is 10.0. The van der Waals surface area contributed by atoms with Crippen molar-refractivity contribution in [1.82, 2.24) is 4.98 Å². The zero-order chi connectivity index (χ0) is 18.8. The lowest BCUT2D eigenvalue weighted by molar-refractivity contribution is 0.0697. The Bertz CT molecular complexity index is 1130. The van der Waals surface area contributed by atoms with Gasteiger partial charge in [0.05, 0.1) is 22.0 Å². The fraction of sp³-hybridized carbons (Fsp3) is 0.0500. The van der Waals surface area contributed by atoms with Crippen molar-refractivity contribution in [2.45, 2.75) is 6.92 Å². The third-order valence-corrected chi connectivity index (χ3v) is 4.96. The first-order valence-corrected chi connectivity index (χ1v) is 9.00. The molecule has 0 atom stereocenters. The van der Waals surface area contributed by atoms with Gasteiger partial charge < -0.3 is 9.52 Å². The van der Waals surface area contributed by atoms with Crippen LogP contribution in [0.1, 0.15) is 21.7 Å². The zero-order valence-electron chi connectivity index (χ0n) is 14.3. The molecule has 134 valence electrons. The molecular formula is C20H15N3O3S. The Labute approximate surface area is 158 Å². The van der Waals surface area contributed by atoms with Crippen molar-refractivity contribution in [1.29, 1.82) is 0 Å². The van der Waals surface area contributed by atoms with Crippen LogP contribution in [0.15, 0.2) is 64.1 Å². The summed E-state index contributed by atoms with van der Waals surface area (Å²) >= 11 is 1.52. The number of aromatic carboxylic acids is 1. The van der Waals surface area contributed by atoms with Crippen LogP contribution in [-0.2, 0) is 0 Å². The second-order valence-corrected chi connectivity index (χ2v) is 6.92. The minimum atomic E-state index is -0.968. The van der Waals surface area contributed by atoms with Crippen molar-refractivity contribution in [3.8, 4) is 11.3 Å². The maximum absolute atomic E-state index is 11.2. The minimum Gasteiger partial charge on any atom is -0.478 e. The Kier molecular flexibility index (Phi) is 4.43. The molecule has 6 nitrogen and oxygen atoms in total. The molecule has 0 aliphatic carbocycles. The van der Waals surface area contributed by atoms with Crippen LogP contribution >= 0.6 is 11.3 Å². The van der Waals surface area contributed by atoms with E-state index in [9.17, 15) is 4.79 Å². The number of furan rings is 1. The van der Waals surface area contributed by atoms with Crippen LogP contribution in [0.2, 0.25) is 0 Å². The van der Waals surface area contributed by atoms with Gasteiger partial charge in [-0.3, -0.25) is 5.43 Å². The van der Waals surface area contributed by atoms with Gasteiger partial charge in [0.15, 0.2) is 0 Å². The molecule has 4 rings (SSSR count). The lowest BCUT2D eigenvalue weighted by Crippen LogP contribution is -1.96. The fourth-order valence-electron chi connectivity index (χ4n) is 2.66. The van der Waals surface area contributed by atoms with E-state index >= 15 is 0 Å². The molecule has 0 amide bonds. The first-order valence-electron chi connectivity index (χ1n) is 8.19. The van der Waals surface area contributed by atoms with Crippen molar-refractivity contribution in [2.24, 2.45) is 5.10 Å². The number of carbonyl (C=O) groups is 1. The van der Waals surface area contributed by atoms with Gasteiger partial charge in [0, 0.05) is 5.56 Å². The van der Waals surface area contributed by atoms with Gasteiger partial charge >= 0.3 is 5.97 Å². The standard InChI is InChI=1S/C20H15N3O3S/c1-12-6-7-13(19(24)25)10-15(12)17-9-8-14(26-17)11-21-23-20-22-16-4-2-3-5-18(16)27-20/h2-11H,1H3,(H,22,23)(H,24,25)/b21-11-. The van der Waals surface area contributed by atoms with Crippen LogP contribution in [0.25, 0.3) is 21.5 Å². The lowest BCUT2D eigenvalue weighted by Gasteiger charge is -2.04. The molecule has 0 aliphatic rings. The van der Waals surface area contributed by atoms with E-state index in [0.29, 0.717) is 16.7 Å². The highest BCUT2D eigenvalue weighted by molar-refractivity contribution is 7.22. The monoisotopic (exact) mass is 377 g/mol. The number of para-hydroxylation sites is 1. The van der Waals surface area contributed by atoms with E-state index in [1.54, 1.807) is 36.5 Å². The molecule has 27 heavy (non-hydrogen) atoms. The van der Waals surface area contributed by atoms with Crippen LogP contribution in [0.4, 0.5) is 5.13 Å². The number of hydrazone groups is 1. The number of aromatic nitrogens is 1. The maximum Gasteiger partial charge on any atom is 0.335 e. The molecule has 0 radical (unpaired) electrons. The van der Waals surface area contributed by atoms with Gasteiger partial charge in [-0.2, -0.15) is 5.10 Å². The Balaban J connectivity index is 1.52. The van der Waals surface area contributed by atoms with E-state index in [1.165, 1.54) is 11.3 Å². The molecule has 2 aromatic carbocycles. The summed E-state index contributed by atoms with van der Waals surface area (Å²) in [4.78, 5) is 15.6. The molecule has 0 aliphatic heterocycles. The molecule has 2 heterocycles. The predicted molar refractivity (Wildman–Crippen MR) is 107 cm³/mol. The van der Waals surface area contributed by atoms with E-state index in [1.807, 2.05) is 31.2 Å². The third-order valence-electron chi connectivity index (χ3n) is 4.02. The highest BCUT2D eigenvalue weighted by Gasteiger charge is 2.11. The Morgan fingerprint density at radius 1 is 1.22 bits per heavy atom. The third kappa shape index (κ3) is 3.58. The van der Waals surface area contributed by atoms with Gasteiger partial charge in [0.1, 0.15) is 11.5 Å². The molecule has 7 heteroatoms. The molecule has 2 aromatic heterocycles. The number of hydrogen-bond acceptors (Lipinski definition) is 6. The van der Waals surface area contributed by atoms with Crippen LogP contribution in [0.3, 0.4) is 0 Å². The number of carboxylic acids is 1. The summed E-state index contributed by atoms with van der Waals surface area (Å²) in [5.74, 6) is 0.181. The summed E-state index contributed by atoms with van der Waals surface area (Å²) in [5, 5.41) is 14.0. The second kappa shape index (κ2) is 7.05. The number of fused-ring (bicyclic) bond motifs is 1. The molecular weight excluding hydrogens is 362 g/mol. The molecule has 0 spiro atoms. The van der Waals surface area contributed by atoms with Gasteiger partial charge in [-0.15, -0.1) is 0 Å². The van der Waals surface area contributed by atoms with Crippen molar-refractivity contribution in [3.05, 3.63) is 71.5 Å². The van der Waals surface area contributed by atoms with Crippen LogP contribution in [-0.4, -0.2) is 22.3 Å². The summed E-state index contributed by atoms with van der Waals surface area (Å²) in [7, 11) is 0. The topological polar surface area (TPSA) is 87.7 Å². The van der Waals surface area contributed by atoms with E-state index in [4.69, 9.17) is 9.52 Å². The highest BCUT2D eigenvalue weighted by atomic mass is 32.1. The molecule has 0 bridgehead atoms. The van der Waals surface area contributed by atoms with E-state index < -0.39 is 5.97 Å². The van der Waals surface area contributed by atoms with Gasteiger partial charge in [-0.25, -0.2) is 9.78 Å². The molecule has 0 saturated heterocycles. The van der Waals surface area contributed by atoms with Crippen LogP contribution in [0.5, 0.6) is 0 Å². The number of anilines is 1. The number of nitrogens with zero attached hydrogens (tertiary/aromatic N) is 2. The largest absolute Gasteiger partial charge is 0.478 e. The SMILES string of the molecule is Cc1ccc(C(=O)O)cc1-c1ccc(/C=N\Nc2nc3ccccc3s2)o1. The van der Waals surface area contributed by atoms with Gasteiger partial charge in [0.2, 0.25) is 5.13 Å². The van der Waals surface area contributed by atoms with Crippen molar-refractivity contribution in [3.63, 3.8) is 0 Å². The highest BCUT2D eigenvalue weighted by Crippen LogP contribution is 2.27. The number of benzene rings is 2. The number of carboxylic acid groups (broad SMARTS) is 1. The summed E-state index contributed by atoms with van der Waals surface area (Å²) in [6.07, 6.45) is 1.56.